The fourth-order valence-corrected chi connectivity index (χ4v) is 5.43. The number of hydrogen-bond donors (Lipinski definition) is 1. The zero-order valence-corrected chi connectivity index (χ0v) is 24.9. The van der Waals surface area contributed by atoms with Crippen molar-refractivity contribution >= 4 is 34.7 Å². The molecule has 13 heteroatoms. The zero-order valence-electron chi connectivity index (χ0n) is 24.1. The van der Waals surface area contributed by atoms with E-state index in [2.05, 4.69) is 43.9 Å². The molecule has 228 valence electrons. The van der Waals surface area contributed by atoms with E-state index in [-0.39, 0.29) is 11.7 Å². The number of carbonyl (C=O) groups excluding carboxylic acids is 1. The number of alkyl halides is 3. The first-order valence-corrected chi connectivity index (χ1v) is 14.6. The number of amidine groups is 1. The maximum absolute atomic E-state index is 12.6. The summed E-state index contributed by atoms with van der Waals surface area (Å²) in [7, 11) is 1.64. The average molecular weight is 623 g/mol. The minimum Gasteiger partial charge on any atom is -0.497 e. The first-order valence-electron chi connectivity index (χ1n) is 13.6. The van der Waals surface area contributed by atoms with Gasteiger partial charge in [-0.15, -0.1) is 18.3 Å². The fourth-order valence-electron chi connectivity index (χ4n) is 4.48. The van der Waals surface area contributed by atoms with Crippen molar-refractivity contribution in [2.75, 3.05) is 24.3 Å². The molecular weight excluding hydrogens is 593 g/mol. The van der Waals surface area contributed by atoms with E-state index in [1.807, 2.05) is 42.5 Å². The number of anilines is 1. The second-order valence-corrected chi connectivity index (χ2v) is 11.0. The van der Waals surface area contributed by atoms with Crippen molar-refractivity contribution in [2.45, 2.75) is 26.1 Å². The molecule has 1 aromatic heterocycles. The van der Waals surface area contributed by atoms with Gasteiger partial charge in [0.15, 0.2) is 11.0 Å². The van der Waals surface area contributed by atoms with Crippen LogP contribution in [0.5, 0.6) is 11.5 Å². The second-order valence-electron chi connectivity index (χ2n) is 9.93. The third-order valence-corrected chi connectivity index (χ3v) is 7.56. The summed E-state index contributed by atoms with van der Waals surface area (Å²) >= 11 is 1.54. The Morgan fingerprint density at radius 2 is 1.80 bits per heavy atom. The highest BCUT2D eigenvalue weighted by Gasteiger charge is 2.31. The van der Waals surface area contributed by atoms with E-state index in [1.54, 1.807) is 13.2 Å². The number of benzene rings is 3. The standard InChI is InChI=1S/C31H29F3N6O3S/c1-20(2)26-18-25(42-3)12-13-27(26)39-16-17-44-30(39)37-29(41)35-15-14-21-4-6-22(7-5-21)28-36-19-40(38-28)23-8-10-24(11-9-23)43-31(32,33)34/h4-15,18-20H,16-17H2,1-3H3,(H,35,41)/b15-14+,37-30-. The Hall–Kier alpha value is -4.78. The van der Waals surface area contributed by atoms with Crippen LogP contribution in [-0.4, -0.2) is 51.7 Å². The van der Waals surface area contributed by atoms with Gasteiger partial charge in [0.05, 0.1) is 12.8 Å². The molecule has 1 aliphatic rings. The predicted molar refractivity (Wildman–Crippen MR) is 165 cm³/mol. The molecule has 0 radical (unpaired) electrons. The Labute approximate surface area is 256 Å². The van der Waals surface area contributed by atoms with E-state index in [4.69, 9.17) is 4.74 Å². The van der Waals surface area contributed by atoms with Crippen molar-refractivity contribution in [3.8, 4) is 28.6 Å². The van der Waals surface area contributed by atoms with Crippen molar-refractivity contribution in [1.82, 2.24) is 20.1 Å². The summed E-state index contributed by atoms with van der Waals surface area (Å²) < 4.78 is 47.9. The van der Waals surface area contributed by atoms with Gasteiger partial charge >= 0.3 is 12.4 Å². The quantitative estimate of drug-likeness (QED) is 0.221. The Morgan fingerprint density at radius 1 is 1.07 bits per heavy atom. The summed E-state index contributed by atoms with van der Waals surface area (Å²) in [6, 6.07) is 18.2. The number of aromatic nitrogens is 3. The van der Waals surface area contributed by atoms with E-state index >= 15 is 0 Å². The number of amides is 2. The molecular formula is C31H29F3N6O3S. The summed E-state index contributed by atoms with van der Waals surface area (Å²) in [6.45, 7) is 4.99. The highest BCUT2D eigenvalue weighted by Crippen LogP contribution is 2.35. The van der Waals surface area contributed by atoms with E-state index in [0.29, 0.717) is 16.7 Å². The molecule has 1 N–H and O–H groups in total. The molecule has 2 heterocycles. The van der Waals surface area contributed by atoms with Gasteiger partial charge in [-0.1, -0.05) is 49.9 Å². The van der Waals surface area contributed by atoms with Crippen molar-refractivity contribution in [1.29, 1.82) is 0 Å². The molecule has 2 amide bonds. The first kappa shape index (κ1) is 30.7. The summed E-state index contributed by atoms with van der Waals surface area (Å²) in [4.78, 5) is 23.3. The van der Waals surface area contributed by atoms with Crippen LogP contribution in [0.1, 0.15) is 30.9 Å². The van der Waals surface area contributed by atoms with E-state index in [0.717, 1.165) is 40.4 Å². The number of nitrogens with zero attached hydrogens (tertiary/aromatic N) is 5. The smallest absolute Gasteiger partial charge is 0.497 e. The molecule has 0 unspecified atom stereocenters. The van der Waals surface area contributed by atoms with Gasteiger partial charge < -0.3 is 19.7 Å². The number of nitrogens with one attached hydrogen (secondary N) is 1. The van der Waals surface area contributed by atoms with E-state index in [1.165, 1.54) is 53.2 Å². The maximum Gasteiger partial charge on any atom is 0.573 e. The van der Waals surface area contributed by atoms with Crippen LogP contribution in [0.4, 0.5) is 23.7 Å². The lowest BCUT2D eigenvalue weighted by Crippen LogP contribution is -2.27. The van der Waals surface area contributed by atoms with Crippen molar-refractivity contribution < 1.29 is 27.4 Å². The van der Waals surface area contributed by atoms with Crippen LogP contribution < -0.4 is 19.7 Å². The number of methoxy groups -OCH3 is 1. The number of ether oxygens (including phenoxy) is 2. The molecule has 0 aliphatic carbocycles. The lowest BCUT2D eigenvalue weighted by atomic mass is 10.00. The van der Waals surface area contributed by atoms with Gasteiger partial charge in [-0.05, 0) is 65.6 Å². The van der Waals surface area contributed by atoms with Gasteiger partial charge in [-0.2, -0.15) is 4.99 Å². The fraction of sp³-hybridized carbons (Fsp3) is 0.226. The molecule has 5 rings (SSSR count). The third kappa shape index (κ3) is 7.59. The Balaban J connectivity index is 1.19. The van der Waals surface area contributed by atoms with Gasteiger partial charge in [0.1, 0.15) is 17.8 Å². The van der Waals surface area contributed by atoms with Crippen LogP contribution >= 0.6 is 11.8 Å². The number of thioether (sulfide) groups is 1. The van der Waals surface area contributed by atoms with Crippen LogP contribution in [0.2, 0.25) is 0 Å². The van der Waals surface area contributed by atoms with Crippen LogP contribution in [0, 0.1) is 0 Å². The summed E-state index contributed by atoms with van der Waals surface area (Å²) in [5.41, 5.74) is 4.24. The first-order chi connectivity index (χ1) is 21.1. The van der Waals surface area contributed by atoms with Gasteiger partial charge in [-0.25, -0.2) is 14.5 Å². The molecule has 0 bridgehead atoms. The Kier molecular flexibility index (Phi) is 9.23. The Bertz CT molecular complexity index is 1670. The summed E-state index contributed by atoms with van der Waals surface area (Å²) in [5, 5.41) is 7.76. The van der Waals surface area contributed by atoms with Gasteiger partial charge in [0.2, 0.25) is 0 Å². The molecule has 1 aliphatic heterocycles. The molecule has 0 atom stereocenters. The maximum atomic E-state index is 12.6. The lowest BCUT2D eigenvalue weighted by molar-refractivity contribution is -0.274. The molecule has 3 aromatic carbocycles. The highest BCUT2D eigenvalue weighted by atomic mass is 32.2. The number of carbonyl (C=O) groups is 1. The van der Waals surface area contributed by atoms with Gasteiger partial charge in [-0.3, -0.25) is 0 Å². The molecule has 4 aromatic rings. The molecule has 1 saturated heterocycles. The van der Waals surface area contributed by atoms with E-state index < -0.39 is 12.4 Å². The number of halogens is 3. The minimum atomic E-state index is -4.75. The van der Waals surface area contributed by atoms with Crippen LogP contribution in [0.15, 0.2) is 84.2 Å². The Morgan fingerprint density at radius 3 is 2.48 bits per heavy atom. The number of rotatable bonds is 8. The molecule has 1 fully saturated rings. The third-order valence-electron chi connectivity index (χ3n) is 6.60. The monoisotopic (exact) mass is 622 g/mol. The lowest BCUT2D eigenvalue weighted by Gasteiger charge is -2.23. The molecule has 9 nitrogen and oxygen atoms in total. The van der Waals surface area contributed by atoms with Crippen molar-refractivity contribution in [3.05, 3.63) is 90.4 Å². The molecule has 0 spiro atoms. The number of urea groups is 1. The van der Waals surface area contributed by atoms with Crippen LogP contribution in [-0.2, 0) is 0 Å². The topological polar surface area (TPSA) is 93.9 Å². The summed E-state index contributed by atoms with van der Waals surface area (Å²) in [6.07, 6.45) is 0.00773. The number of hydrogen-bond acceptors (Lipinski definition) is 6. The van der Waals surface area contributed by atoms with E-state index in [9.17, 15) is 18.0 Å². The highest BCUT2D eigenvalue weighted by molar-refractivity contribution is 8.14. The summed E-state index contributed by atoms with van der Waals surface area (Å²) in [5.74, 6) is 2.01. The zero-order chi connectivity index (χ0) is 31.3. The predicted octanol–water partition coefficient (Wildman–Crippen LogP) is 7.25. The molecule has 44 heavy (non-hydrogen) atoms. The van der Waals surface area contributed by atoms with Gasteiger partial charge in [0.25, 0.3) is 0 Å². The average Bonchev–Trinajstić information content (AvgIpc) is 3.67. The SMILES string of the molecule is COc1ccc(N2CCS/C2=N\C(=O)N/C=C/c2ccc(-c3ncn(-c4ccc(OC(F)(F)F)cc4)n3)cc2)c(C(C)C)c1. The largest absolute Gasteiger partial charge is 0.573 e. The van der Waals surface area contributed by atoms with Crippen molar-refractivity contribution in [3.63, 3.8) is 0 Å². The van der Waals surface area contributed by atoms with Crippen LogP contribution in [0.25, 0.3) is 23.2 Å². The van der Waals surface area contributed by atoms with Crippen molar-refractivity contribution in [2.24, 2.45) is 4.99 Å². The van der Waals surface area contributed by atoms with Crippen LogP contribution in [0.3, 0.4) is 0 Å². The second kappa shape index (κ2) is 13.2. The number of aliphatic imine (C=N–C) groups is 1. The van der Waals surface area contributed by atoms with Gasteiger partial charge in [0, 0.05) is 29.7 Å². The normalized spacial score (nSPS) is 14.5. The molecule has 0 saturated carbocycles. The minimum absolute atomic E-state index is 0.268.